The number of nitrogens with zero attached hydrogens (tertiary/aromatic N) is 1. The molecule has 0 amide bonds. The van der Waals surface area contributed by atoms with Crippen molar-refractivity contribution in [3.63, 3.8) is 0 Å². The van der Waals surface area contributed by atoms with Crippen molar-refractivity contribution in [1.82, 2.24) is 0 Å². The van der Waals surface area contributed by atoms with Crippen LogP contribution in [-0.4, -0.2) is 24.3 Å². The fourth-order valence-electron chi connectivity index (χ4n) is 2.66. The summed E-state index contributed by atoms with van der Waals surface area (Å²) in [6.07, 6.45) is 2.07. The molecule has 1 aromatic rings. The van der Waals surface area contributed by atoms with Gasteiger partial charge in [-0.15, -0.1) is 0 Å². The van der Waals surface area contributed by atoms with Gasteiger partial charge in [0.15, 0.2) is 18.2 Å². The number of carbonyl (C=O) groups is 1. The first-order valence-corrected chi connectivity index (χ1v) is 11.6. The molecule has 0 bridgehead atoms. The minimum absolute atomic E-state index is 0.174. The summed E-state index contributed by atoms with van der Waals surface area (Å²) in [5.74, 6) is 0.204. The molecule has 2 rings (SSSR count). The third-order valence-electron chi connectivity index (χ3n) is 5.05. The summed E-state index contributed by atoms with van der Waals surface area (Å²) in [6.45, 7) is 14.1. The van der Waals surface area contributed by atoms with Crippen LogP contribution < -0.4 is 4.74 Å². The zero-order valence-corrected chi connectivity index (χ0v) is 21.5. The Bertz CT molecular complexity index is 761. The Labute approximate surface area is 197 Å². The van der Waals surface area contributed by atoms with Gasteiger partial charge in [0.25, 0.3) is 0 Å². The van der Waals surface area contributed by atoms with Crippen molar-refractivity contribution < 1.29 is 27.1 Å². The predicted molar refractivity (Wildman–Crippen MR) is 128 cm³/mol. The lowest BCUT2D eigenvalue weighted by atomic mass is 9.88. The van der Waals surface area contributed by atoms with Crippen molar-refractivity contribution in [2.75, 3.05) is 6.61 Å². The second kappa shape index (κ2) is 14.4. The molecule has 1 aliphatic rings. The van der Waals surface area contributed by atoms with Gasteiger partial charge in [-0.2, -0.15) is 13.2 Å². The summed E-state index contributed by atoms with van der Waals surface area (Å²) in [4.78, 5) is 15.0. The van der Waals surface area contributed by atoms with Gasteiger partial charge in [-0.3, -0.25) is 9.79 Å². The number of aliphatic imine (C=N–C) groups is 1. The maximum Gasteiger partial charge on any atom is 0.422 e. The van der Waals surface area contributed by atoms with E-state index in [1.807, 2.05) is 13.8 Å². The second-order valence-corrected chi connectivity index (χ2v) is 9.79. The molecule has 0 aliphatic heterocycles. The van der Waals surface area contributed by atoms with E-state index in [1.54, 1.807) is 6.92 Å². The number of alkyl halides is 3. The highest BCUT2D eigenvalue weighted by atomic mass is 19.4. The molecular weight excluding hydrogens is 434 g/mol. The van der Waals surface area contributed by atoms with Crippen LogP contribution in [0.5, 0.6) is 5.75 Å². The van der Waals surface area contributed by atoms with Crippen LogP contribution in [0.25, 0.3) is 0 Å². The van der Waals surface area contributed by atoms with Crippen LogP contribution in [0.3, 0.4) is 0 Å². The fourth-order valence-corrected chi connectivity index (χ4v) is 2.66. The number of Topliss-reactive ketones (excluding diaryl/α,β-unsaturated/α-hetero) is 1. The van der Waals surface area contributed by atoms with E-state index in [2.05, 4.69) is 37.4 Å². The van der Waals surface area contributed by atoms with Crippen molar-refractivity contribution in [2.24, 2.45) is 16.3 Å². The molecule has 0 aromatic heterocycles. The summed E-state index contributed by atoms with van der Waals surface area (Å²) in [6, 6.07) is 2.61. The number of benzene rings is 1. The first kappa shape index (κ1) is 31.1. The van der Waals surface area contributed by atoms with E-state index in [1.165, 1.54) is 32.3 Å². The van der Waals surface area contributed by atoms with Crippen molar-refractivity contribution in [1.29, 1.82) is 0 Å². The van der Waals surface area contributed by atoms with Crippen LogP contribution in [-0.2, 0) is 4.79 Å². The molecule has 1 aromatic carbocycles. The largest absolute Gasteiger partial charge is 0.481 e. The number of carbonyl (C=O) groups excluding carboxylic acids is 1. The van der Waals surface area contributed by atoms with Crippen LogP contribution in [0, 0.1) is 24.1 Å². The third-order valence-corrected chi connectivity index (χ3v) is 5.05. The summed E-state index contributed by atoms with van der Waals surface area (Å²) in [5.41, 5.74) is 1.56. The van der Waals surface area contributed by atoms with Crippen molar-refractivity contribution in [3.05, 3.63) is 23.5 Å². The van der Waals surface area contributed by atoms with Crippen molar-refractivity contribution >= 4 is 17.2 Å². The lowest BCUT2D eigenvalue weighted by molar-refractivity contribution is -0.153. The van der Waals surface area contributed by atoms with Gasteiger partial charge in [0.05, 0.1) is 5.69 Å². The first-order valence-electron chi connectivity index (χ1n) is 11.6. The van der Waals surface area contributed by atoms with Gasteiger partial charge in [-0.05, 0) is 43.7 Å². The molecule has 7 heteroatoms. The Balaban J connectivity index is 0.000000598. The zero-order chi connectivity index (χ0) is 25.8. The number of halogens is 4. The maximum atomic E-state index is 13.8. The molecule has 0 atom stereocenters. The first-order chi connectivity index (χ1) is 15.1. The number of ketones is 1. The van der Waals surface area contributed by atoms with Gasteiger partial charge < -0.3 is 4.74 Å². The quantitative estimate of drug-likeness (QED) is 0.305. The predicted octanol–water partition coefficient (Wildman–Crippen LogP) is 8.79. The van der Waals surface area contributed by atoms with Crippen LogP contribution >= 0.6 is 0 Å². The fraction of sp³-hybridized carbons (Fsp3) is 0.692. The van der Waals surface area contributed by atoms with E-state index in [4.69, 9.17) is 0 Å². The molecule has 0 saturated heterocycles. The summed E-state index contributed by atoms with van der Waals surface area (Å²) >= 11 is 0. The highest BCUT2D eigenvalue weighted by Crippen LogP contribution is 2.30. The van der Waals surface area contributed by atoms with Gasteiger partial charge in [-0.25, -0.2) is 4.39 Å². The number of rotatable bonds is 6. The van der Waals surface area contributed by atoms with Gasteiger partial charge in [-0.1, -0.05) is 60.8 Å². The monoisotopic (exact) mass is 475 g/mol. The Kier molecular flexibility index (Phi) is 13.5. The average molecular weight is 476 g/mol. The van der Waals surface area contributed by atoms with Crippen LogP contribution in [0.2, 0.25) is 0 Å². The van der Waals surface area contributed by atoms with Gasteiger partial charge in [0.2, 0.25) is 0 Å². The van der Waals surface area contributed by atoms with Gasteiger partial charge in [0.1, 0.15) is 5.78 Å². The maximum absolute atomic E-state index is 13.8. The lowest BCUT2D eigenvalue weighted by Gasteiger charge is -2.18. The molecule has 33 heavy (non-hydrogen) atoms. The van der Waals surface area contributed by atoms with Crippen LogP contribution in [0.4, 0.5) is 23.2 Å². The average Bonchev–Trinajstić information content (AvgIpc) is 2.68. The Hall–Kier alpha value is -1.92. The molecule has 0 radical (unpaired) electrons. The summed E-state index contributed by atoms with van der Waals surface area (Å²) in [5, 5.41) is 0. The second-order valence-electron chi connectivity index (χ2n) is 9.79. The normalized spacial score (nSPS) is 14.4. The van der Waals surface area contributed by atoms with Crippen LogP contribution in [0.1, 0.15) is 92.6 Å². The number of hydrogen-bond donors (Lipinski definition) is 0. The van der Waals surface area contributed by atoms with E-state index < -0.39 is 24.3 Å². The smallest absolute Gasteiger partial charge is 0.422 e. The minimum Gasteiger partial charge on any atom is -0.481 e. The molecule has 0 spiro atoms. The lowest BCUT2D eigenvalue weighted by Crippen LogP contribution is -2.19. The highest BCUT2D eigenvalue weighted by molar-refractivity contribution is 5.84. The molecule has 0 heterocycles. The molecule has 3 nitrogen and oxygen atoms in total. The highest BCUT2D eigenvalue weighted by Gasteiger charge is 2.29. The molecule has 190 valence electrons. The van der Waals surface area contributed by atoms with E-state index in [-0.39, 0.29) is 11.0 Å². The van der Waals surface area contributed by atoms with E-state index in [0.717, 1.165) is 17.7 Å². The zero-order valence-electron chi connectivity index (χ0n) is 21.5. The Morgan fingerprint density at radius 2 is 1.67 bits per heavy atom. The molecule has 1 fully saturated rings. The van der Waals surface area contributed by atoms with Gasteiger partial charge >= 0.3 is 6.18 Å². The van der Waals surface area contributed by atoms with Crippen molar-refractivity contribution in [2.45, 2.75) is 100 Å². The molecular formula is C26H41F4NO2. The number of hydrogen-bond acceptors (Lipinski definition) is 3. The topological polar surface area (TPSA) is 38.7 Å². The Morgan fingerprint density at radius 3 is 2.00 bits per heavy atom. The SMILES string of the molecule is CC1CCC1.CCC(=O)CC(C)(C)C.CCC(C)=Nc1ccc(OCC(F)(F)F)c(F)c1C. The van der Waals surface area contributed by atoms with E-state index in [9.17, 15) is 22.4 Å². The molecule has 0 unspecified atom stereocenters. The van der Waals surface area contributed by atoms with Crippen LogP contribution in [0.15, 0.2) is 17.1 Å². The minimum atomic E-state index is -4.49. The third kappa shape index (κ3) is 14.8. The van der Waals surface area contributed by atoms with E-state index >= 15 is 0 Å². The Morgan fingerprint density at radius 1 is 1.12 bits per heavy atom. The summed E-state index contributed by atoms with van der Waals surface area (Å²) < 4.78 is 54.3. The summed E-state index contributed by atoms with van der Waals surface area (Å²) in [7, 11) is 0. The molecule has 0 N–H and O–H groups in total. The molecule has 1 aliphatic carbocycles. The standard InChI is InChI=1S/C13H15F4NO.C8H16O.C5H10/c1-4-8(2)18-10-5-6-11(12(14)9(10)3)19-7-13(15,16)17;1-5-7(9)6-8(2,3)4;1-5-3-2-4-5/h5-6H,4,7H2,1-3H3;5-6H2,1-4H3;5H,2-4H2,1H3. The molecule has 1 saturated carbocycles. The number of ether oxygens (including phenoxy) is 1. The van der Waals surface area contributed by atoms with Crippen molar-refractivity contribution in [3.8, 4) is 5.75 Å². The van der Waals surface area contributed by atoms with Gasteiger partial charge in [0, 0.05) is 24.1 Å². The van der Waals surface area contributed by atoms with E-state index in [0.29, 0.717) is 30.7 Å².